The normalized spacial score (nSPS) is 17.5. The van der Waals surface area contributed by atoms with Crippen LogP contribution in [0.4, 0.5) is 18.3 Å². The number of amides is 2. The number of hydrogen-bond donors (Lipinski definition) is 1. The number of halogens is 3. The molecule has 0 unspecified atom stereocenters. The first-order valence-corrected chi connectivity index (χ1v) is 9.43. The first-order chi connectivity index (χ1) is 13.1. The van der Waals surface area contributed by atoms with E-state index in [9.17, 15) is 22.8 Å². The predicted octanol–water partition coefficient (Wildman–Crippen LogP) is 3.19. The molecule has 1 fully saturated rings. The summed E-state index contributed by atoms with van der Waals surface area (Å²) < 4.78 is 38.4. The molecule has 6 nitrogen and oxygen atoms in total. The van der Waals surface area contributed by atoms with Crippen LogP contribution in [0.15, 0.2) is 29.6 Å². The average molecular weight is 412 g/mol. The Labute approximate surface area is 164 Å². The monoisotopic (exact) mass is 412 g/mol. The lowest BCUT2D eigenvalue weighted by atomic mass is 10.1. The molecule has 1 saturated heterocycles. The molecule has 0 bridgehead atoms. The topological polar surface area (TPSA) is 65.5 Å². The zero-order valence-electron chi connectivity index (χ0n) is 15.3. The van der Waals surface area contributed by atoms with Crippen molar-refractivity contribution < 1.29 is 22.8 Å². The van der Waals surface area contributed by atoms with E-state index in [-0.39, 0.29) is 28.3 Å². The van der Waals surface area contributed by atoms with Gasteiger partial charge in [-0.3, -0.25) is 14.9 Å². The molecule has 1 aliphatic rings. The van der Waals surface area contributed by atoms with Gasteiger partial charge in [-0.25, -0.2) is 4.98 Å². The Bertz CT molecular complexity index is 884. The van der Waals surface area contributed by atoms with Gasteiger partial charge >= 0.3 is 6.18 Å². The molecule has 0 radical (unpaired) electrons. The molecule has 1 aromatic carbocycles. The molecule has 10 heteroatoms. The third-order valence-electron chi connectivity index (χ3n) is 4.63. The number of hydrogen-bond acceptors (Lipinski definition) is 5. The van der Waals surface area contributed by atoms with E-state index in [0.29, 0.717) is 0 Å². The second kappa shape index (κ2) is 7.88. The van der Waals surface area contributed by atoms with E-state index in [0.717, 1.165) is 43.0 Å². The molecule has 2 heterocycles. The Balaban J connectivity index is 1.67. The summed E-state index contributed by atoms with van der Waals surface area (Å²) >= 11 is 1.05. The number of thiazole rings is 1. The fraction of sp³-hybridized carbons (Fsp3) is 0.389. The van der Waals surface area contributed by atoms with Gasteiger partial charge in [0.15, 0.2) is 5.13 Å². The van der Waals surface area contributed by atoms with Crippen molar-refractivity contribution in [1.82, 2.24) is 14.8 Å². The Morgan fingerprint density at radius 3 is 2.75 bits per heavy atom. The van der Waals surface area contributed by atoms with Crippen LogP contribution in [0.2, 0.25) is 0 Å². The first-order valence-electron chi connectivity index (χ1n) is 8.55. The molecule has 1 aromatic heterocycles. The highest BCUT2D eigenvalue weighted by atomic mass is 32.1. The number of rotatable bonds is 4. The highest BCUT2D eigenvalue weighted by Crippen LogP contribution is 2.29. The lowest BCUT2D eigenvalue weighted by molar-refractivity contribution is -0.137. The number of carbonyl (C=O) groups is 2. The van der Waals surface area contributed by atoms with Crippen LogP contribution in [0.1, 0.15) is 32.8 Å². The van der Waals surface area contributed by atoms with Crippen molar-refractivity contribution in [3.63, 3.8) is 0 Å². The summed E-state index contributed by atoms with van der Waals surface area (Å²) in [5.74, 6) is -0.971. The first kappa shape index (κ1) is 20.3. The van der Waals surface area contributed by atoms with Crippen LogP contribution in [0, 0.1) is 0 Å². The van der Waals surface area contributed by atoms with Gasteiger partial charge in [-0.15, -0.1) is 11.3 Å². The summed E-state index contributed by atoms with van der Waals surface area (Å²) in [6.07, 6.45) is -3.65. The number of nitrogens with zero attached hydrogens (tertiary/aromatic N) is 3. The van der Waals surface area contributed by atoms with Gasteiger partial charge in [-0.1, -0.05) is 6.07 Å². The van der Waals surface area contributed by atoms with Crippen molar-refractivity contribution in [2.75, 3.05) is 32.5 Å². The SMILES string of the molecule is CN1CC[C@H](N(C)C(=O)c2csc(NC(=O)c3cccc(C(F)(F)F)c3)n2)C1. The van der Waals surface area contributed by atoms with Crippen LogP contribution in [0.5, 0.6) is 0 Å². The Morgan fingerprint density at radius 2 is 2.11 bits per heavy atom. The number of anilines is 1. The highest BCUT2D eigenvalue weighted by molar-refractivity contribution is 7.14. The van der Waals surface area contributed by atoms with Crippen LogP contribution < -0.4 is 5.32 Å². The van der Waals surface area contributed by atoms with Crippen molar-refractivity contribution >= 4 is 28.3 Å². The Morgan fingerprint density at radius 1 is 1.36 bits per heavy atom. The number of carbonyl (C=O) groups excluding carboxylic acids is 2. The maximum atomic E-state index is 12.8. The van der Waals surface area contributed by atoms with Gasteiger partial charge in [0.25, 0.3) is 11.8 Å². The van der Waals surface area contributed by atoms with E-state index in [2.05, 4.69) is 15.2 Å². The van der Waals surface area contributed by atoms with Crippen LogP contribution in [-0.2, 0) is 6.18 Å². The van der Waals surface area contributed by atoms with Crippen LogP contribution in [0.3, 0.4) is 0 Å². The molecule has 2 aromatic rings. The Hall–Kier alpha value is -2.46. The molecule has 3 rings (SSSR count). The molecular formula is C18H19F3N4O2S. The largest absolute Gasteiger partial charge is 0.416 e. The number of alkyl halides is 3. The van der Waals surface area contributed by atoms with Gasteiger partial charge in [0, 0.05) is 30.6 Å². The van der Waals surface area contributed by atoms with Gasteiger partial charge < -0.3 is 9.80 Å². The summed E-state index contributed by atoms with van der Waals surface area (Å²) in [4.78, 5) is 32.7. The predicted molar refractivity (Wildman–Crippen MR) is 99.5 cm³/mol. The van der Waals surface area contributed by atoms with E-state index in [1.807, 2.05) is 7.05 Å². The number of likely N-dealkylation sites (tertiary alicyclic amines) is 1. The summed E-state index contributed by atoms with van der Waals surface area (Å²) in [6, 6.07) is 4.23. The average Bonchev–Trinajstić information content (AvgIpc) is 3.29. The second-order valence-electron chi connectivity index (χ2n) is 6.69. The van der Waals surface area contributed by atoms with Gasteiger partial charge in [0.05, 0.1) is 5.56 Å². The Kier molecular flexibility index (Phi) is 5.71. The standard InChI is InChI=1S/C18H19F3N4O2S/c1-24-7-6-13(9-24)25(2)16(27)14-10-28-17(22-14)23-15(26)11-4-3-5-12(8-11)18(19,20)21/h3-5,8,10,13H,6-7,9H2,1-2H3,(H,22,23,26)/t13-/m0/s1. The third kappa shape index (κ3) is 4.50. The zero-order chi connectivity index (χ0) is 20.5. The smallest absolute Gasteiger partial charge is 0.336 e. The lowest BCUT2D eigenvalue weighted by Gasteiger charge is -2.23. The fourth-order valence-corrected chi connectivity index (χ4v) is 3.69. The van der Waals surface area contributed by atoms with Gasteiger partial charge in [0.1, 0.15) is 5.69 Å². The number of likely N-dealkylation sites (N-methyl/N-ethyl adjacent to an activating group) is 2. The molecule has 0 spiro atoms. The van der Waals surface area contributed by atoms with E-state index in [4.69, 9.17) is 0 Å². The molecule has 0 aliphatic carbocycles. The van der Waals surface area contributed by atoms with Crippen LogP contribution in [-0.4, -0.2) is 59.8 Å². The molecule has 1 N–H and O–H groups in total. The number of benzene rings is 1. The summed E-state index contributed by atoms with van der Waals surface area (Å²) in [6.45, 7) is 1.70. The number of nitrogens with one attached hydrogen (secondary N) is 1. The minimum absolute atomic E-state index is 0.0994. The lowest BCUT2D eigenvalue weighted by Crippen LogP contribution is -2.38. The maximum absolute atomic E-state index is 12.8. The van der Waals surface area contributed by atoms with E-state index < -0.39 is 17.6 Å². The van der Waals surface area contributed by atoms with Crippen molar-refractivity contribution in [3.8, 4) is 0 Å². The maximum Gasteiger partial charge on any atom is 0.416 e. The zero-order valence-corrected chi connectivity index (χ0v) is 16.1. The molecule has 150 valence electrons. The number of aromatic nitrogens is 1. The summed E-state index contributed by atoms with van der Waals surface area (Å²) in [5.41, 5.74) is -0.844. The van der Waals surface area contributed by atoms with Gasteiger partial charge in [-0.2, -0.15) is 13.2 Å². The van der Waals surface area contributed by atoms with E-state index in [1.165, 1.54) is 17.5 Å². The quantitative estimate of drug-likeness (QED) is 0.838. The molecule has 28 heavy (non-hydrogen) atoms. The molecule has 2 amide bonds. The van der Waals surface area contributed by atoms with Crippen molar-refractivity contribution in [2.24, 2.45) is 0 Å². The van der Waals surface area contributed by atoms with Crippen LogP contribution >= 0.6 is 11.3 Å². The highest BCUT2D eigenvalue weighted by Gasteiger charge is 2.31. The molecule has 1 aliphatic heterocycles. The summed E-state index contributed by atoms with van der Waals surface area (Å²) in [5, 5.41) is 4.13. The van der Waals surface area contributed by atoms with Crippen molar-refractivity contribution in [3.05, 3.63) is 46.5 Å². The van der Waals surface area contributed by atoms with Gasteiger partial charge in [0.2, 0.25) is 0 Å². The third-order valence-corrected chi connectivity index (χ3v) is 5.39. The summed E-state index contributed by atoms with van der Waals surface area (Å²) in [7, 11) is 3.70. The second-order valence-corrected chi connectivity index (χ2v) is 7.55. The molecule has 1 atom stereocenters. The van der Waals surface area contributed by atoms with Gasteiger partial charge in [-0.05, 0) is 38.2 Å². The van der Waals surface area contributed by atoms with Crippen molar-refractivity contribution in [1.29, 1.82) is 0 Å². The minimum atomic E-state index is -4.53. The van der Waals surface area contributed by atoms with Crippen molar-refractivity contribution in [2.45, 2.75) is 18.6 Å². The van der Waals surface area contributed by atoms with E-state index >= 15 is 0 Å². The molecular weight excluding hydrogens is 393 g/mol. The fourth-order valence-electron chi connectivity index (χ4n) is 3.01. The van der Waals surface area contributed by atoms with E-state index in [1.54, 1.807) is 11.9 Å². The molecule has 0 saturated carbocycles. The minimum Gasteiger partial charge on any atom is -0.336 e. The van der Waals surface area contributed by atoms with Crippen LogP contribution in [0.25, 0.3) is 0 Å².